The van der Waals surface area contributed by atoms with Crippen molar-refractivity contribution >= 4 is 17.9 Å². The number of aromatic hydroxyl groups is 1. The molecule has 57 heavy (non-hydrogen) atoms. The lowest BCUT2D eigenvalue weighted by molar-refractivity contribution is -0.515. The van der Waals surface area contributed by atoms with Crippen LogP contribution in [0.1, 0.15) is 144 Å². The van der Waals surface area contributed by atoms with Crippen LogP contribution in [0.15, 0.2) is 36.4 Å². The molecule has 15 heteroatoms. The first-order valence-corrected chi connectivity index (χ1v) is 19.3. The summed E-state index contributed by atoms with van der Waals surface area (Å²) in [6.45, 7) is 11.0. The van der Waals surface area contributed by atoms with Gasteiger partial charge in [-0.2, -0.15) is 26.3 Å². The van der Waals surface area contributed by atoms with E-state index in [2.05, 4.69) is 43.9 Å². The summed E-state index contributed by atoms with van der Waals surface area (Å²) < 4.78 is 77.6. The number of carboxylic acid groups (broad SMARTS) is 2. The Kier molecular flexibility index (Phi) is 11.5. The van der Waals surface area contributed by atoms with Gasteiger partial charge in [0.2, 0.25) is 0 Å². The number of hydrogen-bond acceptors (Lipinski definition) is 5. The summed E-state index contributed by atoms with van der Waals surface area (Å²) >= 11 is 0. The van der Waals surface area contributed by atoms with Crippen LogP contribution < -0.4 is 16.2 Å². The van der Waals surface area contributed by atoms with Gasteiger partial charge in [-0.15, -0.1) is 0 Å². The Balaban J connectivity index is 0.000000146. The minimum absolute atomic E-state index is 0.378. The number of carboxylic acids is 2. The highest BCUT2D eigenvalue weighted by Gasteiger charge is 2.62. The second kappa shape index (κ2) is 14.8. The first kappa shape index (κ1) is 44.3. The third-order valence-electron chi connectivity index (χ3n) is 12.8. The third kappa shape index (κ3) is 10.4. The maximum Gasteiger partial charge on any atom is 0.416 e. The maximum absolute atomic E-state index is 12.4. The second-order valence-corrected chi connectivity index (χ2v) is 19.9. The van der Waals surface area contributed by atoms with E-state index >= 15 is 0 Å². The van der Waals surface area contributed by atoms with Crippen LogP contribution in [0.3, 0.4) is 0 Å². The number of rotatable bonds is 3. The van der Waals surface area contributed by atoms with Gasteiger partial charge in [-0.05, 0) is 108 Å². The van der Waals surface area contributed by atoms with Crippen molar-refractivity contribution in [3.8, 4) is 11.5 Å². The van der Waals surface area contributed by atoms with Gasteiger partial charge < -0.3 is 31.5 Å². The molecule has 4 atom stereocenters. The molecular weight excluding hydrogens is 758 g/mol. The molecule has 8 aliphatic rings. The maximum atomic E-state index is 12.4. The number of carbonyl (C=O) groups is 3. The van der Waals surface area contributed by atoms with E-state index in [0.717, 1.165) is 24.8 Å². The van der Waals surface area contributed by atoms with Gasteiger partial charge >= 0.3 is 30.3 Å². The number of alkyl halides is 6. The lowest BCUT2D eigenvalue weighted by Gasteiger charge is -2.62. The summed E-state index contributed by atoms with van der Waals surface area (Å²) in [5.74, 6) is -3.34. The Labute approximate surface area is 328 Å². The van der Waals surface area contributed by atoms with Crippen molar-refractivity contribution in [1.29, 1.82) is 0 Å². The molecular formula is C42H56F6N2O7+2. The Morgan fingerprint density at radius 1 is 0.614 bits per heavy atom. The molecule has 8 bridgehead atoms. The zero-order valence-corrected chi connectivity index (χ0v) is 33.3. The second-order valence-electron chi connectivity index (χ2n) is 19.9. The summed E-state index contributed by atoms with van der Waals surface area (Å²) in [7, 11) is 0. The van der Waals surface area contributed by atoms with E-state index < -0.39 is 64.0 Å². The van der Waals surface area contributed by atoms with Gasteiger partial charge in [0.15, 0.2) is 0 Å². The molecule has 0 radical (unpaired) electrons. The molecule has 2 aromatic rings. The highest BCUT2D eigenvalue weighted by molar-refractivity contribution is 5.92. The number of benzene rings is 2. The van der Waals surface area contributed by atoms with E-state index in [0.29, 0.717) is 63.1 Å². The quantitative estimate of drug-likeness (QED) is 0.117. The van der Waals surface area contributed by atoms with E-state index in [1.807, 2.05) is 0 Å². The molecule has 8 aliphatic carbocycles. The fourth-order valence-corrected chi connectivity index (χ4v) is 13.4. The Bertz CT molecular complexity index is 1740. The Hall–Kier alpha value is -3.85. The van der Waals surface area contributed by atoms with Gasteiger partial charge in [-0.3, -0.25) is 4.79 Å². The number of halogens is 6. The summed E-state index contributed by atoms with van der Waals surface area (Å²) in [6, 6.07) is 3.51. The molecule has 0 spiro atoms. The van der Waals surface area contributed by atoms with Gasteiger partial charge in [0.25, 0.3) is 0 Å². The lowest BCUT2D eigenvalue weighted by Crippen LogP contribution is -2.80. The number of quaternary nitrogens is 2. The van der Waals surface area contributed by atoms with Gasteiger partial charge in [-0.25, -0.2) is 9.59 Å². The number of hydrogen-bond donors (Lipinski definition) is 5. The Morgan fingerprint density at radius 2 is 0.965 bits per heavy atom. The number of carbonyl (C=O) groups excluding carboxylic acids is 1. The van der Waals surface area contributed by atoms with Crippen molar-refractivity contribution in [2.24, 2.45) is 33.5 Å². The molecule has 316 valence electrons. The van der Waals surface area contributed by atoms with E-state index in [9.17, 15) is 40.7 Å². The monoisotopic (exact) mass is 814 g/mol. The molecule has 0 saturated heterocycles. The highest BCUT2D eigenvalue weighted by Crippen LogP contribution is 2.66. The zero-order valence-electron chi connectivity index (χ0n) is 33.3. The van der Waals surface area contributed by atoms with Crippen LogP contribution in [-0.4, -0.2) is 44.3 Å². The molecule has 4 unspecified atom stereocenters. The highest BCUT2D eigenvalue weighted by atomic mass is 19.4. The van der Waals surface area contributed by atoms with Crippen molar-refractivity contribution in [3.05, 3.63) is 58.7 Å². The lowest BCUT2D eigenvalue weighted by atomic mass is 9.43. The molecule has 0 aromatic heterocycles. The smallest absolute Gasteiger partial charge is 0.416 e. The van der Waals surface area contributed by atoms with E-state index in [4.69, 9.17) is 15.3 Å². The van der Waals surface area contributed by atoms with Crippen LogP contribution in [0, 0.1) is 33.5 Å². The summed E-state index contributed by atoms with van der Waals surface area (Å²) in [4.78, 5) is 31.7. The summed E-state index contributed by atoms with van der Waals surface area (Å²) in [5.41, 5.74) is 9.41. The van der Waals surface area contributed by atoms with E-state index in [1.54, 1.807) is 0 Å². The van der Waals surface area contributed by atoms with Crippen LogP contribution in [0.25, 0.3) is 0 Å². The minimum atomic E-state index is -4.63. The van der Waals surface area contributed by atoms with Crippen LogP contribution in [0.5, 0.6) is 11.5 Å². The fraction of sp³-hybridized carbons (Fsp3) is 0.643. The predicted octanol–water partition coefficient (Wildman–Crippen LogP) is 8.39. The van der Waals surface area contributed by atoms with Crippen molar-refractivity contribution in [2.75, 3.05) is 0 Å². The van der Waals surface area contributed by atoms with Crippen LogP contribution >= 0.6 is 0 Å². The van der Waals surface area contributed by atoms with Gasteiger partial charge in [-0.1, -0.05) is 27.7 Å². The number of aromatic carboxylic acids is 2. The first-order chi connectivity index (χ1) is 25.8. The van der Waals surface area contributed by atoms with Crippen LogP contribution in [0.2, 0.25) is 0 Å². The van der Waals surface area contributed by atoms with E-state index in [1.165, 1.54) is 77.0 Å². The molecule has 0 heterocycles. The standard InChI is InChI=1S/2C12H21N.C10H7F3O4.C8H5F3O3/c2*1-10-3-9-4-11(2,6-10)8-12(13,5-9)7-10;1-5(14)17-8-4-6(10(11,12)13)2-3-7(8)9(15)16;9-8(10,11)4-1-2-5(7(13)14)6(12)3-4/h2*9H,3-8,13H2,1-2H3;2-4H,1H3,(H,15,16);1-3,12H,(H,13,14)/p+2. The van der Waals surface area contributed by atoms with Crippen LogP contribution in [-0.2, 0) is 17.1 Å². The molecule has 8 fully saturated rings. The van der Waals surface area contributed by atoms with Gasteiger partial charge in [0.1, 0.15) is 22.6 Å². The van der Waals surface area contributed by atoms with Gasteiger partial charge in [0, 0.05) is 45.4 Å². The van der Waals surface area contributed by atoms with Crippen molar-refractivity contribution < 1.29 is 72.2 Å². The molecule has 0 aliphatic heterocycles. The molecule has 10 rings (SSSR count). The zero-order chi connectivity index (χ0) is 42.8. The molecule has 9 nitrogen and oxygen atoms in total. The number of ether oxygens (including phenoxy) is 1. The largest absolute Gasteiger partial charge is 0.507 e. The van der Waals surface area contributed by atoms with Crippen molar-refractivity contribution in [3.63, 3.8) is 0 Å². The average molecular weight is 815 g/mol. The third-order valence-corrected chi connectivity index (χ3v) is 12.8. The predicted molar refractivity (Wildman–Crippen MR) is 196 cm³/mol. The summed E-state index contributed by atoms with van der Waals surface area (Å²) in [5, 5.41) is 26.1. The normalized spacial score (nSPS) is 35.5. The molecule has 9 N–H and O–H groups in total. The van der Waals surface area contributed by atoms with E-state index in [-0.39, 0.29) is 0 Å². The topological polar surface area (TPSA) is 176 Å². The molecule has 2 aromatic carbocycles. The molecule has 8 saturated carbocycles. The average Bonchev–Trinajstić information content (AvgIpc) is 2.96. The minimum Gasteiger partial charge on any atom is -0.507 e. The van der Waals surface area contributed by atoms with Crippen molar-refractivity contribution in [1.82, 2.24) is 0 Å². The first-order valence-electron chi connectivity index (χ1n) is 19.3. The fourth-order valence-electron chi connectivity index (χ4n) is 13.4. The number of phenols is 1. The van der Waals surface area contributed by atoms with Gasteiger partial charge in [0.05, 0.1) is 22.2 Å². The molecule has 0 amide bonds. The number of esters is 1. The summed E-state index contributed by atoms with van der Waals surface area (Å²) in [6.07, 6.45) is 8.23. The van der Waals surface area contributed by atoms with Crippen LogP contribution in [0.4, 0.5) is 26.3 Å². The van der Waals surface area contributed by atoms with Crippen molar-refractivity contribution in [2.45, 2.75) is 135 Å². The SMILES string of the molecule is CC(=O)Oc1cc(C(F)(F)F)ccc1C(=O)O.CC12CC3CC(C)(C1)CC([NH3+])(C3)C2.CC12CC3CC(C)(C1)CC([NH3+])(C3)C2.O=C(O)c1ccc(C(F)(F)F)cc1O. The Morgan fingerprint density at radius 3 is 1.25 bits per heavy atom.